The zero-order valence-corrected chi connectivity index (χ0v) is 13.7. The zero-order chi connectivity index (χ0) is 16.2. The average Bonchev–Trinajstić information content (AvgIpc) is 3.04. The predicted molar refractivity (Wildman–Crippen MR) is 94.8 cm³/mol. The van der Waals surface area contributed by atoms with E-state index >= 15 is 0 Å². The molecule has 23 heavy (non-hydrogen) atoms. The fourth-order valence-electron chi connectivity index (χ4n) is 2.14. The second-order valence-corrected chi connectivity index (χ2v) is 5.71. The molecule has 118 valence electrons. The number of methoxy groups -OCH3 is 2. The molecule has 0 unspecified atom stereocenters. The van der Waals surface area contributed by atoms with Gasteiger partial charge >= 0.3 is 0 Å². The third-order valence-corrected chi connectivity index (χ3v) is 4.12. The summed E-state index contributed by atoms with van der Waals surface area (Å²) in [5.74, 6) is 1.48. The molecule has 5 nitrogen and oxygen atoms in total. The van der Waals surface area contributed by atoms with E-state index in [1.807, 2.05) is 47.8 Å². The monoisotopic (exact) mass is 327 g/mol. The highest BCUT2D eigenvalue weighted by atomic mass is 32.1. The van der Waals surface area contributed by atoms with Crippen LogP contribution in [0.3, 0.4) is 0 Å². The minimum atomic E-state index is 0.732. The first-order chi connectivity index (χ1) is 11.2. The van der Waals surface area contributed by atoms with Gasteiger partial charge in [-0.3, -0.25) is 0 Å². The van der Waals surface area contributed by atoms with Crippen LogP contribution in [0.4, 0.5) is 16.5 Å². The van der Waals surface area contributed by atoms with E-state index in [1.165, 1.54) is 11.3 Å². The Kier molecular flexibility index (Phi) is 4.34. The second kappa shape index (κ2) is 6.58. The van der Waals surface area contributed by atoms with Crippen LogP contribution in [0.15, 0.2) is 47.8 Å². The van der Waals surface area contributed by atoms with Crippen molar-refractivity contribution in [3.63, 3.8) is 0 Å². The molecular weight excluding hydrogens is 310 g/mol. The van der Waals surface area contributed by atoms with Crippen molar-refractivity contribution in [1.82, 2.24) is 4.98 Å². The fourth-order valence-corrected chi connectivity index (χ4v) is 2.88. The van der Waals surface area contributed by atoms with Crippen molar-refractivity contribution in [2.24, 2.45) is 0 Å². The minimum absolute atomic E-state index is 0.732. The van der Waals surface area contributed by atoms with E-state index in [2.05, 4.69) is 10.3 Å². The maximum atomic E-state index is 5.72. The fraction of sp³-hybridized carbons (Fsp3) is 0.118. The van der Waals surface area contributed by atoms with Gasteiger partial charge < -0.3 is 20.5 Å². The number of nitrogens with one attached hydrogen (secondary N) is 1. The quantitative estimate of drug-likeness (QED) is 0.689. The SMILES string of the molecule is COc1ccc(OC)c(Nc2nc(-c3ccc(N)cc3)cs2)c1. The van der Waals surface area contributed by atoms with Crippen LogP contribution >= 0.6 is 11.3 Å². The zero-order valence-electron chi connectivity index (χ0n) is 12.9. The summed E-state index contributed by atoms with van der Waals surface area (Å²) in [4.78, 5) is 4.61. The number of benzene rings is 2. The summed E-state index contributed by atoms with van der Waals surface area (Å²) in [6.07, 6.45) is 0. The maximum absolute atomic E-state index is 5.72. The highest BCUT2D eigenvalue weighted by Crippen LogP contribution is 2.34. The molecule has 0 saturated heterocycles. The predicted octanol–water partition coefficient (Wildman–Crippen LogP) is 4.15. The number of rotatable bonds is 5. The van der Waals surface area contributed by atoms with E-state index < -0.39 is 0 Å². The lowest BCUT2D eigenvalue weighted by atomic mass is 10.1. The lowest BCUT2D eigenvalue weighted by molar-refractivity contribution is 0.405. The molecule has 0 amide bonds. The molecule has 0 aliphatic rings. The van der Waals surface area contributed by atoms with Crippen LogP contribution in [0.2, 0.25) is 0 Å². The molecule has 1 heterocycles. The molecule has 0 aliphatic carbocycles. The first-order valence-electron chi connectivity index (χ1n) is 7.00. The molecule has 6 heteroatoms. The molecule has 0 bridgehead atoms. The molecule has 0 saturated carbocycles. The third kappa shape index (κ3) is 3.37. The third-order valence-electron chi connectivity index (χ3n) is 3.36. The van der Waals surface area contributed by atoms with Gasteiger partial charge in [-0.15, -0.1) is 11.3 Å². The highest BCUT2D eigenvalue weighted by molar-refractivity contribution is 7.14. The number of anilines is 3. The Hall–Kier alpha value is -2.73. The molecule has 0 aliphatic heterocycles. The van der Waals surface area contributed by atoms with Gasteiger partial charge in [-0.05, 0) is 24.3 Å². The van der Waals surface area contributed by atoms with Crippen molar-refractivity contribution >= 4 is 27.8 Å². The van der Waals surface area contributed by atoms with Gasteiger partial charge in [0.25, 0.3) is 0 Å². The summed E-state index contributed by atoms with van der Waals surface area (Å²) < 4.78 is 10.6. The molecule has 2 aromatic carbocycles. The normalized spacial score (nSPS) is 10.3. The van der Waals surface area contributed by atoms with Gasteiger partial charge in [0.15, 0.2) is 5.13 Å². The van der Waals surface area contributed by atoms with Crippen LogP contribution in [0.1, 0.15) is 0 Å². The van der Waals surface area contributed by atoms with Gasteiger partial charge in [-0.25, -0.2) is 4.98 Å². The summed E-state index contributed by atoms with van der Waals surface area (Å²) in [5.41, 5.74) is 9.20. The van der Waals surface area contributed by atoms with Crippen molar-refractivity contribution in [3.05, 3.63) is 47.8 Å². The Bertz CT molecular complexity index is 800. The molecule has 3 aromatic rings. The van der Waals surface area contributed by atoms with Gasteiger partial charge in [0, 0.05) is 22.7 Å². The molecule has 0 radical (unpaired) electrons. The smallest absolute Gasteiger partial charge is 0.187 e. The largest absolute Gasteiger partial charge is 0.497 e. The Morgan fingerprint density at radius 3 is 2.52 bits per heavy atom. The van der Waals surface area contributed by atoms with Crippen LogP contribution in [-0.2, 0) is 0 Å². The number of nitrogens with zero attached hydrogens (tertiary/aromatic N) is 1. The Morgan fingerprint density at radius 1 is 1.04 bits per heavy atom. The molecular formula is C17H17N3O2S. The molecule has 0 atom stereocenters. The molecule has 3 rings (SSSR count). The summed E-state index contributed by atoms with van der Waals surface area (Å²) in [7, 11) is 3.27. The maximum Gasteiger partial charge on any atom is 0.187 e. The van der Waals surface area contributed by atoms with Gasteiger partial charge in [-0.2, -0.15) is 0 Å². The number of nitrogens with two attached hydrogens (primary N) is 1. The Labute approximate surface area is 138 Å². The summed E-state index contributed by atoms with van der Waals surface area (Å²) in [6, 6.07) is 13.2. The first-order valence-corrected chi connectivity index (χ1v) is 7.88. The van der Waals surface area contributed by atoms with E-state index in [9.17, 15) is 0 Å². The standard InChI is InChI=1S/C17H17N3O2S/c1-21-13-7-8-16(22-2)14(9-13)19-17-20-15(10-23-17)11-3-5-12(18)6-4-11/h3-10H,18H2,1-2H3,(H,19,20). The Balaban J connectivity index is 1.85. The molecule has 1 aromatic heterocycles. The van der Waals surface area contributed by atoms with E-state index in [0.717, 1.165) is 39.3 Å². The highest BCUT2D eigenvalue weighted by Gasteiger charge is 2.09. The van der Waals surface area contributed by atoms with E-state index in [4.69, 9.17) is 15.2 Å². The van der Waals surface area contributed by atoms with Crippen molar-refractivity contribution in [2.75, 3.05) is 25.3 Å². The number of hydrogen-bond donors (Lipinski definition) is 2. The molecule has 3 N–H and O–H groups in total. The van der Waals surface area contributed by atoms with Crippen LogP contribution in [0.25, 0.3) is 11.3 Å². The van der Waals surface area contributed by atoms with Crippen molar-refractivity contribution in [2.45, 2.75) is 0 Å². The second-order valence-electron chi connectivity index (χ2n) is 4.85. The lowest BCUT2D eigenvalue weighted by Gasteiger charge is -2.10. The number of aromatic nitrogens is 1. The van der Waals surface area contributed by atoms with Crippen molar-refractivity contribution in [1.29, 1.82) is 0 Å². The average molecular weight is 327 g/mol. The topological polar surface area (TPSA) is 69.4 Å². The van der Waals surface area contributed by atoms with Crippen LogP contribution in [0, 0.1) is 0 Å². The number of nitrogen functional groups attached to an aromatic ring is 1. The number of ether oxygens (including phenoxy) is 2. The summed E-state index contributed by atoms with van der Waals surface area (Å²) in [6.45, 7) is 0. The first kappa shape index (κ1) is 15.2. The Morgan fingerprint density at radius 2 is 1.83 bits per heavy atom. The van der Waals surface area contributed by atoms with Crippen LogP contribution in [0.5, 0.6) is 11.5 Å². The van der Waals surface area contributed by atoms with E-state index in [0.29, 0.717) is 0 Å². The minimum Gasteiger partial charge on any atom is -0.497 e. The number of hydrogen-bond acceptors (Lipinski definition) is 6. The van der Waals surface area contributed by atoms with Crippen LogP contribution in [-0.4, -0.2) is 19.2 Å². The van der Waals surface area contributed by atoms with E-state index in [1.54, 1.807) is 14.2 Å². The number of thiazole rings is 1. The van der Waals surface area contributed by atoms with Gasteiger partial charge in [0.2, 0.25) is 0 Å². The summed E-state index contributed by atoms with van der Waals surface area (Å²) in [5, 5.41) is 6.06. The van der Waals surface area contributed by atoms with Gasteiger partial charge in [0.1, 0.15) is 11.5 Å². The van der Waals surface area contributed by atoms with Gasteiger partial charge in [-0.1, -0.05) is 12.1 Å². The molecule has 0 fully saturated rings. The van der Waals surface area contributed by atoms with E-state index in [-0.39, 0.29) is 0 Å². The van der Waals surface area contributed by atoms with Crippen molar-refractivity contribution < 1.29 is 9.47 Å². The molecule has 0 spiro atoms. The van der Waals surface area contributed by atoms with Gasteiger partial charge in [0.05, 0.1) is 25.6 Å². The van der Waals surface area contributed by atoms with Crippen LogP contribution < -0.4 is 20.5 Å². The van der Waals surface area contributed by atoms with Crippen molar-refractivity contribution in [3.8, 4) is 22.8 Å². The lowest BCUT2D eigenvalue weighted by Crippen LogP contribution is -1.95. The summed E-state index contributed by atoms with van der Waals surface area (Å²) >= 11 is 1.53.